The molecule has 176 valence electrons. The van der Waals surface area contributed by atoms with E-state index in [4.69, 9.17) is 10.5 Å². The van der Waals surface area contributed by atoms with E-state index in [1.54, 1.807) is 12.1 Å². The van der Waals surface area contributed by atoms with Crippen LogP contribution in [0.3, 0.4) is 0 Å². The van der Waals surface area contributed by atoms with E-state index < -0.39 is 5.91 Å². The van der Waals surface area contributed by atoms with Crippen LogP contribution in [0.2, 0.25) is 0 Å². The molecule has 0 saturated heterocycles. The molecule has 0 aliphatic rings. The Hall–Kier alpha value is -3.52. The zero-order chi connectivity index (χ0) is 24.1. The van der Waals surface area contributed by atoms with Crippen LogP contribution in [-0.2, 0) is 6.54 Å². The summed E-state index contributed by atoms with van der Waals surface area (Å²) in [5.41, 5.74) is 6.99. The number of ether oxygens (including phenoxy) is 1. The highest BCUT2D eigenvalue weighted by Gasteiger charge is 2.27. The summed E-state index contributed by atoms with van der Waals surface area (Å²) >= 11 is 3.26. The van der Waals surface area contributed by atoms with Gasteiger partial charge >= 0.3 is 0 Å². The topological polar surface area (TPSA) is 161 Å². The third-order valence-corrected chi connectivity index (χ3v) is 5.48. The summed E-state index contributed by atoms with van der Waals surface area (Å²) in [6.07, 6.45) is 1.46. The molecule has 3 N–H and O–H groups in total. The number of amides is 1. The van der Waals surface area contributed by atoms with Crippen molar-refractivity contribution in [2.45, 2.75) is 20.4 Å². The molecule has 0 fully saturated rings. The number of rotatable bonds is 9. The molecule has 14 heteroatoms. The second-order valence-corrected chi connectivity index (χ2v) is 7.71. The van der Waals surface area contributed by atoms with Crippen molar-refractivity contribution < 1.29 is 19.3 Å². The van der Waals surface area contributed by atoms with Crippen molar-refractivity contribution in [1.29, 1.82) is 0 Å². The SMILES string of the molecule is CCN(CC)Cc1c(C(=O)N(C)/N=C/c2cc(Br)c(O)c(OC)c2)nnn1-c1nonc1N. The third-order valence-electron chi connectivity index (χ3n) is 4.87. The number of phenols is 1. The number of methoxy groups -OCH3 is 1. The largest absolute Gasteiger partial charge is 0.503 e. The van der Waals surface area contributed by atoms with Crippen LogP contribution in [0.25, 0.3) is 5.82 Å². The van der Waals surface area contributed by atoms with Crippen LogP contribution in [0.5, 0.6) is 11.5 Å². The van der Waals surface area contributed by atoms with E-state index in [1.165, 1.54) is 25.1 Å². The van der Waals surface area contributed by atoms with Gasteiger partial charge in [0, 0.05) is 13.6 Å². The normalized spacial score (nSPS) is 11.5. The van der Waals surface area contributed by atoms with Gasteiger partial charge in [-0.3, -0.25) is 9.69 Å². The minimum absolute atomic E-state index is 0.0259. The van der Waals surface area contributed by atoms with Crippen molar-refractivity contribution in [2.24, 2.45) is 5.10 Å². The van der Waals surface area contributed by atoms with E-state index >= 15 is 0 Å². The van der Waals surface area contributed by atoms with Gasteiger partial charge in [-0.2, -0.15) is 9.78 Å². The van der Waals surface area contributed by atoms with Crippen LogP contribution < -0.4 is 10.5 Å². The van der Waals surface area contributed by atoms with Crippen LogP contribution >= 0.6 is 15.9 Å². The smallest absolute Gasteiger partial charge is 0.296 e. The van der Waals surface area contributed by atoms with Crippen molar-refractivity contribution in [2.75, 3.05) is 33.0 Å². The summed E-state index contributed by atoms with van der Waals surface area (Å²) in [6, 6.07) is 3.23. The quantitative estimate of drug-likeness (QED) is 0.312. The van der Waals surface area contributed by atoms with Crippen LogP contribution in [-0.4, -0.2) is 79.7 Å². The van der Waals surface area contributed by atoms with Gasteiger partial charge in [-0.15, -0.1) is 5.10 Å². The maximum Gasteiger partial charge on any atom is 0.296 e. The average molecular weight is 522 g/mol. The highest BCUT2D eigenvalue weighted by molar-refractivity contribution is 9.10. The average Bonchev–Trinajstić information content (AvgIpc) is 3.42. The number of nitrogens with zero attached hydrogens (tertiary/aromatic N) is 8. The summed E-state index contributed by atoms with van der Waals surface area (Å²) in [4.78, 5) is 15.3. The molecule has 0 aliphatic carbocycles. The first-order valence-electron chi connectivity index (χ1n) is 9.94. The number of benzene rings is 1. The number of carbonyl (C=O) groups excluding carboxylic acids is 1. The summed E-state index contributed by atoms with van der Waals surface area (Å²) < 4.78 is 11.6. The molecule has 0 unspecified atom stereocenters. The number of anilines is 1. The highest BCUT2D eigenvalue weighted by Crippen LogP contribution is 2.34. The van der Waals surface area contributed by atoms with Gasteiger partial charge in [0.15, 0.2) is 17.2 Å². The van der Waals surface area contributed by atoms with Crippen molar-refractivity contribution >= 4 is 33.9 Å². The Morgan fingerprint density at radius 1 is 1.36 bits per heavy atom. The zero-order valence-corrected chi connectivity index (χ0v) is 20.1. The molecule has 0 bridgehead atoms. The standard InChI is InChI=1S/C19H24BrN9O4/c1-5-28(6-2)10-13-15(23-26-29(13)18-17(21)24-33-25-18)19(31)27(3)22-9-11-7-12(20)16(30)14(8-11)32-4/h7-9,30H,5-6,10H2,1-4H3,(H2,21,24)/b22-9+. The Balaban J connectivity index is 1.92. The molecule has 2 aromatic heterocycles. The lowest BCUT2D eigenvalue weighted by Crippen LogP contribution is -2.28. The van der Waals surface area contributed by atoms with Crippen LogP contribution in [0.1, 0.15) is 35.6 Å². The Morgan fingerprint density at radius 3 is 2.70 bits per heavy atom. The van der Waals surface area contributed by atoms with Gasteiger partial charge in [-0.05, 0) is 57.0 Å². The lowest BCUT2D eigenvalue weighted by Gasteiger charge is -2.19. The van der Waals surface area contributed by atoms with E-state index in [0.717, 1.165) is 18.1 Å². The van der Waals surface area contributed by atoms with Crippen LogP contribution in [0.15, 0.2) is 26.3 Å². The molecule has 33 heavy (non-hydrogen) atoms. The fraction of sp³-hybridized carbons (Fsp3) is 0.368. The fourth-order valence-corrected chi connectivity index (χ4v) is 3.42. The maximum atomic E-state index is 13.2. The van der Waals surface area contributed by atoms with E-state index in [1.807, 2.05) is 13.8 Å². The first-order valence-corrected chi connectivity index (χ1v) is 10.7. The minimum Gasteiger partial charge on any atom is -0.503 e. The number of hydrogen-bond donors (Lipinski definition) is 2. The second-order valence-electron chi connectivity index (χ2n) is 6.86. The first-order chi connectivity index (χ1) is 15.8. The Labute approximate surface area is 197 Å². The number of phenolic OH excluding ortho intramolecular Hbond substituents is 1. The van der Waals surface area contributed by atoms with Crippen LogP contribution in [0, 0.1) is 0 Å². The lowest BCUT2D eigenvalue weighted by atomic mass is 10.2. The molecule has 0 aliphatic heterocycles. The van der Waals surface area contributed by atoms with E-state index in [-0.39, 0.29) is 28.8 Å². The predicted molar refractivity (Wildman–Crippen MR) is 122 cm³/mol. The monoisotopic (exact) mass is 521 g/mol. The Kier molecular flexibility index (Phi) is 7.60. The van der Waals surface area contributed by atoms with Crippen molar-refractivity contribution in [3.05, 3.63) is 33.6 Å². The zero-order valence-electron chi connectivity index (χ0n) is 18.6. The lowest BCUT2D eigenvalue weighted by molar-refractivity contribution is 0.0792. The highest BCUT2D eigenvalue weighted by atomic mass is 79.9. The van der Waals surface area contributed by atoms with Gasteiger partial charge in [0.1, 0.15) is 0 Å². The van der Waals surface area contributed by atoms with Crippen molar-refractivity contribution in [3.63, 3.8) is 0 Å². The summed E-state index contributed by atoms with van der Waals surface area (Å²) in [6.45, 7) is 5.87. The Morgan fingerprint density at radius 2 is 2.09 bits per heavy atom. The minimum atomic E-state index is -0.487. The van der Waals surface area contributed by atoms with E-state index in [9.17, 15) is 9.90 Å². The molecule has 0 atom stereocenters. The molecule has 1 amide bonds. The first kappa shape index (κ1) is 24.1. The van der Waals surface area contributed by atoms with Crippen molar-refractivity contribution in [3.8, 4) is 17.3 Å². The van der Waals surface area contributed by atoms with Gasteiger partial charge in [0.05, 0.1) is 23.5 Å². The van der Waals surface area contributed by atoms with Gasteiger partial charge in [0.2, 0.25) is 11.6 Å². The van der Waals surface area contributed by atoms with Gasteiger partial charge in [-0.25, -0.2) is 9.64 Å². The molecule has 0 spiro atoms. The summed E-state index contributed by atoms with van der Waals surface area (Å²) in [5, 5.41) is 30.8. The number of aromatic hydroxyl groups is 1. The van der Waals surface area contributed by atoms with Gasteiger partial charge in [0.25, 0.3) is 5.91 Å². The molecule has 13 nitrogen and oxygen atoms in total. The number of nitrogen functional groups attached to an aromatic ring is 1. The number of hydrogen-bond acceptors (Lipinski definition) is 11. The number of nitrogens with two attached hydrogens (primary N) is 1. The number of carbonyl (C=O) groups is 1. The molecule has 0 saturated carbocycles. The number of aromatic nitrogens is 5. The molecular formula is C19H24BrN9O4. The molecule has 2 heterocycles. The van der Waals surface area contributed by atoms with Gasteiger partial charge in [-0.1, -0.05) is 19.1 Å². The molecule has 1 aromatic carbocycles. The molecular weight excluding hydrogens is 498 g/mol. The predicted octanol–water partition coefficient (Wildman–Crippen LogP) is 1.66. The molecule has 3 rings (SSSR count). The fourth-order valence-electron chi connectivity index (χ4n) is 2.96. The second kappa shape index (κ2) is 10.4. The van der Waals surface area contributed by atoms with E-state index in [0.29, 0.717) is 22.3 Å². The molecule has 0 radical (unpaired) electrons. The Bertz CT molecular complexity index is 1160. The van der Waals surface area contributed by atoms with E-state index in [2.05, 4.69) is 51.2 Å². The number of halogens is 1. The molecule has 3 aromatic rings. The number of hydrazone groups is 1. The summed E-state index contributed by atoms with van der Waals surface area (Å²) in [7, 11) is 2.94. The maximum absolute atomic E-state index is 13.2. The van der Waals surface area contributed by atoms with Crippen LogP contribution in [0.4, 0.5) is 5.82 Å². The third kappa shape index (κ3) is 5.12. The van der Waals surface area contributed by atoms with Gasteiger partial charge < -0.3 is 15.6 Å². The van der Waals surface area contributed by atoms with Crippen molar-refractivity contribution in [1.82, 2.24) is 35.2 Å². The summed E-state index contributed by atoms with van der Waals surface area (Å²) in [5.74, 6) is -0.0743.